The molecular weight excluding hydrogens is 178 g/mol. The van der Waals surface area contributed by atoms with Gasteiger partial charge in [0.2, 0.25) is 0 Å². The number of nitrogens with two attached hydrogens (primary N) is 1. The standard InChI is InChI=1S/C11H9NO2/c12-10-4-3-7-5-9(11(13)14)2-1-8(7)6-10/h1-6H,12H2,(H,13,14). The Balaban J connectivity index is 2.67. The summed E-state index contributed by atoms with van der Waals surface area (Å²) in [5.41, 5.74) is 6.58. The number of carbonyl (C=O) groups is 1. The number of nitrogen functional groups attached to an aromatic ring is 1. The van der Waals surface area contributed by atoms with Crippen LogP contribution in [0.1, 0.15) is 10.4 Å². The SMILES string of the molecule is Nc1ccc2cc(C(=O)O)ccc2c1. The van der Waals surface area contributed by atoms with Crippen LogP contribution in [0.25, 0.3) is 10.8 Å². The second kappa shape index (κ2) is 3.03. The minimum atomic E-state index is -0.913. The fraction of sp³-hybridized carbons (Fsp3) is 0. The van der Waals surface area contributed by atoms with E-state index >= 15 is 0 Å². The molecule has 2 aromatic carbocycles. The Hall–Kier alpha value is -2.03. The number of hydrogen-bond donors (Lipinski definition) is 2. The highest BCUT2D eigenvalue weighted by atomic mass is 16.4. The quantitative estimate of drug-likeness (QED) is 0.672. The van der Waals surface area contributed by atoms with Gasteiger partial charge in [0.25, 0.3) is 0 Å². The van der Waals surface area contributed by atoms with E-state index in [0.29, 0.717) is 11.3 Å². The highest BCUT2D eigenvalue weighted by molar-refractivity contribution is 5.95. The van der Waals surface area contributed by atoms with Crippen molar-refractivity contribution in [3.8, 4) is 0 Å². The lowest BCUT2D eigenvalue weighted by atomic mass is 10.1. The number of fused-ring (bicyclic) bond motifs is 1. The monoisotopic (exact) mass is 187 g/mol. The molecule has 0 aliphatic rings. The molecular formula is C11H9NO2. The van der Waals surface area contributed by atoms with Gasteiger partial charge < -0.3 is 10.8 Å². The van der Waals surface area contributed by atoms with Crippen LogP contribution in [0.3, 0.4) is 0 Å². The van der Waals surface area contributed by atoms with Crippen molar-refractivity contribution in [2.24, 2.45) is 0 Å². The molecule has 0 heterocycles. The molecule has 0 bridgehead atoms. The zero-order valence-electron chi connectivity index (χ0n) is 7.40. The van der Waals surface area contributed by atoms with Gasteiger partial charge in [-0.05, 0) is 35.0 Å². The van der Waals surface area contributed by atoms with Gasteiger partial charge in [0.1, 0.15) is 0 Å². The van der Waals surface area contributed by atoms with Crippen LogP contribution in [0.5, 0.6) is 0 Å². The lowest BCUT2D eigenvalue weighted by Gasteiger charge is -2.00. The number of anilines is 1. The van der Waals surface area contributed by atoms with Crippen LogP contribution in [0.15, 0.2) is 36.4 Å². The van der Waals surface area contributed by atoms with Crippen LogP contribution in [0.2, 0.25) is 0 Å². The molecule has 0 saturated carbocycles. The summed E-state index contributed by atoms with van der Waals surface area (Å²) >= 11 is 0. The van der Waals surface area contributed by atoms with Crippen molar-refractivity contribution in [1.29, 1.82) is 0 Å². The van der Waals surface area contributed by atoms with Crippen molar-refractivity contribution in [1.82, 2.24) is 0 Å². The molecule has 0 aliphatic carbocycles. The minimum Gasteiger partial charge on any atom is -0.478 e. The Morgan fingerprint density at radius 3 is 2.43 bits per heavy atom. The third kappa shape index (κ3) is 1.40. The summed E-state index contributed by atoms with van der Waals surface area (Å²) in [5, 5.41) is 10.6. The highest BCUT2D eigenvalue weighted by Crippen LogP contribution is 2.18. The Labute approximate surface area is 80.8 Å². The maximum Gasteiger partial charge on any atom is 0.335 e. The molecule has 0 amide bonds. The summed E-state index contributed by atoms with van der Waals surface area (Å²) in [5.74, 6) is -0.913. The molecule has 0 unspecified atom stereocenters. The van der Waals surface area contributed by atoms with Crippen molar-refractivity contribution < 1.29 is 9.90 Å². The van der Waals surface area contributed by atoms with E-state index in [9.17, 15) is 4.79 Å². The summed E-state index contributed by atoms with van der Waals surface area (Å²) < 4.78 is 0. The van der Waals surface area contributed by atoms with E-state index in [4.69, 9.17) is 10.8 Å². The fourth-order valence-electron chi connectivity index (χ4n) is 1.40. The molecule has 2 aromatic rings. The predicted octanol–water partition coefficient (Wildman–Crippen LogP) is 2.12. The van der Waals surface area contributed by atoms with Gasteiger partial charge in [0, 0.05) is 5.69 Å². The molecule has 0 aliphatic heterocycles. The van der Waals surface area contributed by atoms with Crippen molar-refractivity contribution in [3.05, 3.63) is 42.0 Å². The van der Waals surface area contributed by atoms with E-state index in [1.165, 1.54) is 0 Å². The topological polar surface area (TPSA) is 63.3 Å². The third-order valence-electron chi connectivity index (χ3n) is 2.11. The molecule has 0 spiro atoms. The van der Waals surface area contributed by atoms with Gasteiger partial charge in [-0.15, -0.1) is 0 Å². The van der Waals surface area contributed by atoms with E-state index < -0.39 is 5.97 Å². The Morgan fingerprint density at radius 1 is 1.07 bits per heavy atom. The second-order valence-corrected chi connectivity index (χ2v) is 3.13. The molecule has 0 saturated heterocycles. The van der Waals surface area contributed by atoms with Gasteiger partial charge in [-0.1, -0.05) is 12.1 Å². The van der Waals surface area contributed by atoms with Gasteiger partial charge in [0.05, 0.1) is 5.56 Å². The molecule has 3 N–H and O–H groups in total. The lowest BCUT2D eigenvalue weighted by Crippen LogP contribution is -1.95. The summed E-state index contributed by atoms with van der Waals surface area (Å²) in [6.07, 6.45) is 0. The molecule has 0 atom stereocenters. The van der Waals surface area contributed by atoms with E-state index in [0.717, 1.165) is 10.8 Å². The largest absolute Gasteiger partial charge is 0.478 e. The summed E-state index contributed by atoms with van der Waals surface area (Å²) in [6.45, 7) is 0. The number of aromatic carboxylic acids is 1. The third-order valence-corrected chi connectivity index (χ3v) is 2.11. The van der Waals surface area contributed by atoms with Crippen molar-refractivity contribution in [2.75, 3.05) is 5.73 Å². The van der Waals surface area contributed by atoms with Crippen LogP contribution in [-0.4, -0.2) is 11.1 Å². The van der Waals surface area contributed by atoms with Gasteiger partial charge >= 0.3 is 5.97 Å². The molecule has 14 heavy (non-hydrogen) atoms. The van der Waals surface area contributed by atoms with Gasteiger partial charge in [-0.2, -0.15) is 0 Å². The average Bonchev–Trinajstić information content (AvgIpc) is 2.16. The van der Waals surface area contributed by atoms with Crippen LogP contribution < -0.4 is 5.73 Å². The molecule has 0 fully saturated rings. The van der Waals surface area contributed by atoms with Crippen LogP contribution in [0, 0.1) is 0 Å². The number of rotatable bonds is 1. The van der Waals surface area contributed by atoms with Crippen molar-refractivity contribution in [3.63, 3.8) is 0 Å². The van der Waals surface area contributed by atoms with Crippen LogP contribution in [-0.2, 0) is 0 Å². The maximum atomic E-state index is 10.7. The van der Waals surface area contributed by atoms with Gasteiger partial charge in [0.15, 0.2) is 0 Å². The number of carboxylic acid groups (broad SMARTS) is 1. The zero-order valence-corrected chi connectivity index (χ0v) is 7.40. The molecule has 0 radical (unpaired) electrons. The van der Waals surface area contributed by atoms with Gasteiger partial charge in [-0.3, -0.25) is 0 Å². The van der Waals surface area contributed by atoms with Crippen LogP contribution in [0.4, 0.5) is 5.69 Å². The summed E-state index contributed by atoms with van der Waals surface area (Å²) in [7, 11) is 0. The first-order chi connectivity index (χ1) is 6.66. The molecule has 0 aromatic heterocycles. The predicted molar refractivity (Wildman–Crippen MR) is 55.3 cm³/mol. The maximum absolute atomic E-state index is 10.7. The highest BCUT2D eigenvalue weighted by Gasteiger charge is 2.02. The van der Waals surface area contributed by atoms with Crippen molar-refractivity contribution in [2.45, 2.75) is 0 Å². The first-order valence-electron chi connectivity index (χ1n) is 4.19. The first kappa shape index (κ1) is 8.56. The summed E-state index contributed by atoms with van der Waals surface area (Å²) in [4.78, 5) is 10.7. The molecule has 3 heteroatoms. The Bertz CT molecular complexity index is 506. The number of hydrogen-bond acceptors (Lipinski definition) is 2. The normalized spacial score (nSPS) is 10.3. The summed E-state index contributed by atoms with van der Waals surface area (Å²) in [6, 6.07) is 10.4. The second-order valence-electron chi connectivity index (χ2n) is 3.13. The number of benzene rings is 2. The Morgan fingerprint density at radius 2 is 1.71 bits per heavy atom. The van der Waals surface area contributed by atoms with Gasteiger partial charge in [-0.25, -0.2) is 4.79 Å². The average molecular weight is 187 g/mol. The minimum absolute atomic E-state index is 0.294. The Kier molecular flexibility index (Phi) is 1.85. The number of carboxylic acids is 1. The molecule has 2 rings (SSSR count). The smallest absolute Gasteiger partial charge is 0.335 e. The molecule has 3 nitrogen and oxygen atoms in total. The molecule has 70 valence electrons. The van der Waals surface area contributed by atoms with E-state index in [2.05, 4.69) is 0 Å². The van der Waals surface area contributed by atoms with Crippen molar-refractivity contribution >= 4 is 22.4 Å². The zero-order chi connectivity index (χ0) is 10.1. The van der Waals surface area contributed by atoms with E-state index in [-0.39, 0.29) is 0 Å². The van der Waals surface area contributed by atoms with E-state index in [1.54, 1.807) is 24.3 Å². The van der Waals surface area contributed by atoms with Crippen LogP contribution >= 0.6 is 0 Å². The lowest BCUT2D eigenvalue weighted by molar-refractivity contribution is 0.0697. The first-order valence-corrected chi connectivity index (χ1v) is 4.19. The fourth-order valence-corrected chi connectivity index (χ4v) is 1.40. The van der Waals surface area contributed by atoms with E-state index in [1.807, 2.05) is 12.1 Å².